The third-order valence-electron chi connectivity index (χ3n) is 8.79. The van der Waals surface area contributed by atoms with Crippen LogP contribution in [-0.2, 0) is 0 Å². The molecule has 182 valence electrons. The van der Waals surface area contributed by atoms with Gasteiger partial charge in [0.2, 0.25) is 0 Å². The van der Waals surface area contributed by atoms with E-state index in [-0.39, 0.29) is 0 Å². The summed E-state index contributed by atoms with van der Waals surface area (Å²) in [7, 11) is 0. The van der Waals surface area contributed by atoms with Crippen LogP contribution in [0.4, 0.5) is 0 Å². The van der Waals surface area contributed by atoms with Crippen molar-refractivity contribution in [2.24, 2.45) is 0 Å². The van der Waals surface area contributed by atoms with Crippen LogP contribution in [-0.4, -0.2) is 0 Å². The van der Waals surface area contributed by atoms with Crippen molar-refractivity contribution in [2.45, 2.75) is 11.8 Å². The van der Waals surface area contributed by atoms with Gasteiger partial charge in [-0.15, -0.1) is 0 Å². The van der Waals surface area contributed by atoms with Crippen molar-refractivity contribution in [1.82, 2.24) is 0 Å². The van der Waals surface area contributed by atoms with Gasteiger partial charge in [-0.2, -0.15) is 0 Å². The van der Waals surface area contributed by atoms with E-state index in [2.05, 4.69) is 121 Å². The van der Waals surface area contributed by atoms with Crippen LogP contribution in [0.15, 0.2) is 126 Å². The third-order valence-corrected chi connectivity index (χ3v) is 8.79. The van der Waals surface area contributed by atoms with Gasteiger partial charge in [-0.05, 0) is 78.9 Å². The second-order valence-corrected chi connectivity index (χ2v) is 10.9. The zero-order valence-electron chi connectivity index (χ0n) is 21.3. The summed E-state index contributed by atoms with van der Waals surface area (Å²) in [6.07, 6.45) is 4.96. The highest BCUT2D eigenvalue weighted by atomic mass is 16.3. The summed E-state index contributed by atoms with van der Waals surface area (Å²) in [5.41, 5.74) is 9.71. The van der Waals surface area contributed by atoms with Gasteiger partial charge < -0.3 is 4.42 Å². The van der Waals surface area contributed by atoms with E-state index in [1.54, 1.807) is 0 Å². The summed E-state index contributed by atoms with van der Waals surface area (Å²) < 4.78 is 6.14. The SMILES string of the molecule is C1=c2ccccc2=C[C@H]2c3cc(-c4ccc(-c5cccc6oc7ccccc7c56)cc4)cc4cccc(c34)C12. The summed E-state index contributed by atoms with van der Waals surface area (Å²) in [4.78, 5) is 0. The van der Waals surface area contributed by atoms with E-state index in [1.807, 2.05) is 12.1 Å². The van der Waals surface area contributed by atoms with Gasteiger partial charge in [0.05, 0.1) is 0 Å². The van der Waals surface area contributed by atoms with Crippen LogP contribution in [0.3, 0.4) is 0 Å². The van der Waals surface area contributed by atoms with Gasteiger partial charge in [-0.3, -0.25) is 0 Å². The summed E-state index contributed by atoms with van der Waals surface area (Å²) in [6, 6.07) is 44.1. The van der Waals surface area contributed by atoms with Crippen molar-refractivity contribution >= 4 is 44.9 Å². The Morgan fingerprint density at radius 2 is 1.15 bits per heavy atom. The topological polar surface area (TPSA) is 13.1 Å². The van der Waals surface area contributed by atoms with Crippen molar-refractivity contribution < 1.29 is 4.42 Å². The number of para-hydroxylation sites is 1. The number of benzene rings is 6. The summed E-state index contributed by atoms with van der Waals surface area (Å²) >= 11 is 0. The van der Waals surface area contributed by atoms with E-state index in [4.69, 9.17) is 4.42 Å². The molecule has 0 aliphatic heterocycles. The minimum Gasteiger partial charge on any atom is -0.456 e. The molecule has 39 heavy (non-hydrogen) atoms. The molecule has 2 atom stereocenters. The first-order valence-electron chi connectivity index (χ1n) is 13.7. The first-order valence-corrected chi connectivity index (χ1v) is 13.7. The van der Waals surface area contributed by atoms with Gasteiger partial charge in [0.15, 0.2) is 0 Å². The van der Waals surface area contributed by atoms with Crippen molar-refractivity contribution in [1.29, 1.82) is 0 Å². The highest BCUT2D eigenvalue weighted by Gasteiger charge is 2.33. The molecule has 0 spiro atoms. The Kier molecular flexibility index (Phi) is 4.23. The highest BCUT2D eigenvalue weighted by molar-refractivity contribution is 6.12. The lowest BCUT2D eigenvalue weighted by atomic mass is 9.84. The maximum absolute atomic E-state index is 6.14. The molecule has 1 unspecified atom stereocenters. The largest absolute Gasteiger partial charge is 0.456 e. The molecule has 1 heterocycles. The Balaban J connectivity index is 1.18. The van der Waals surface area contributed by atoms with Crippen molar-refractivity contribution in [3.63, 3.8) is 0 Å². The third kappa shape index (κ3) is 3.02. The molecule has 6 aromatic carbocycles. The maximum Gasteiger partial charge on any atom is 0.136 e. The zero-order valence-corrected chi connectivity index (χ0v) is 21.3. The quantitative estimate of drug-likeness (QED) is 0.234. The minimum atomic E-state index is 0.381. The molecule has 0 amide bonds. The molecule has 0 radical (unpaired) electrons. The predicted molar refractivity (Wildman–Crippen MR) is 162 cm³/mol. The normalized spacial score (nSPS) is 17.1. The van der Waals surface area contributed by atoms with Crippen LogP contribution in [0.1, 0.15) is 23.0 Å². The molecular weight excluding hydrogens is 472 g/mol. The maximum atomic E-state index is 6.14. The van der Waals surface area contributed by atoms with Crippen LogP contribution in [0.5, 0.6) is 0 Å². The molecular formula is C38H24O. The molecule has 1 nitrogen and oxygen atoms in total. The lowest BCUT2D eigenvalue weighted by Crippen LogP contribution is -2.29. The average Bonchev–Trinajstić information content (AvgIpc) is 3.53. The molecule has 1 heteroatoms. The zero-order chi connectivity index (χ0) is 25.5. The standard InChI is InChI=1S/C38H24O/c1-2-8-26-21-33-32(20-25(26)7-1)30-12-5-9-27-19-28(22-34(33)37(27)30)23-15-17-24(18-16-23)29-11-6-14-36-38(29)31-10-3-4-13-35(31)39-36/h1-22,32-33H/t32?,33-/m1/s1. The fraction of sp³-hybridized carbons (Fsp3) is 0.0526. The summed E-state index contributed by atoms with van der Waals surface area (Å²) in [5, 5.41) is 7.81. The molecule has 9 rings (SSSR count). The van der Waals surface area contributed by atoms with Crippen LogP contribution in [0, 0.1) is 0 Å². The fourth-order valence-electron chi connectivity index (χ4n) is 7.03. The number of fused-ring (bicyclic) bond motifs is 7. The summed E-state index contributed by atoms with van der Waals surface area (Å²) in [5.74, 6) is 0.785. The van der Waals surface area contributed by atoms with Crippen LogP contribution in [0.25, 0.3) is 67.1 Å². The van der Waals surface area contributed by atoms with E-state index in [0.29, 0.717) is 11.8 Å². The first kappa shape index (κ1) is 21.1. The second kappa shape index (κ2) is 7.82. The molecule has 2 aliphatic carbocycles. The smallest absolute Gasteiger partial charge is 0.136 e. The Hall–Kier alpha value is -4.88. The van der Waals surface area contributed by atoms with Crippen molar-refractivity contribution in [3.05, 3.63) is 143 Å². The summed E-state index contributed by atoms with van der Waals surface area (Å²) in [6.45, 7) is 0. The molecule has 0 saturated carbocycles. The van der Waals surface area contributed by atoms with E-state index in [0.717, 1.165) is 16.6 Å². The fourth-order valence-corrected chi connectivity index (χ4v) is 7.03. The van der Waals surface area contributed by atoms with Crippen molar-refractivity contribution in [3.8, 4) is 22.3 Å². The van der Waals surface area contributed by atoms with Gasteiger partial charge in [-0.25, -0.2) is 0 Å². The van der Waals surface area contributed by atoms with Crippen molar-refractivity contribution in [2.75, 3.05) is 0 Å². The Bertz CT molecular complexity index is 2230. The molecule has 0 N–H and O–H groups in total. The number of furan rings is 1. The monoisotopic (exact) mass is 496 g/mol. The Labute approximate surface area is 226 Å². The van der Waals surface area contributed by atoms with E-state index in [9.17, 15) is 0 Å². The average molecular weight is 497 g/mol. The highest BCUT2D eigenvalue weighted by Crippen LogP contribution is 2.50. The van der Waals surface area contributed by atoms with Gasteiger partial charge in [0.1, 0.15) is 11.2 Å². The van der Waals surface area contributed by atoms with E-state index in [1.165, 1.54) is 60.0 Å². The lowest BCUT2D eigenvalue weighted by Gasteiger charge is -2.19. The van der Waals surface area contributed by atoms with Gasteiger partial charge in [-0.1, -0.05) is 109 Å². The minimum absolute atomic E-state index is 0.381. The lowest BCUT2D eigenvalue weighted by molar-refractivity contribution is 0.669. The van der Waals surface area contributed by atoms with E-state index < -0.39 is 0 Å². The number of hydrogen-bond donors (Lipinski definition) is 0. The molecule has 0 saturated heterocycles. The van der Waals surface area contributed by atoms with Crippen LogP contribution >= 0.6 is 0 Å². The number of rotatable bonds is 2. The predicted octanol–water partition coefficient (Wildman–Crippen LogP) is 8.53. The van der Waals surface area contributed by atoms with Gasteiger partial charge in [0, 0.05) is 22.6 Å². The molecule has 0 fully saturated rings. The van der Waals surface area contributed by atoms with Crippen LogP contribution in [0.2, 0.25) is 0 Å². The van der Waals surface area contributed by atoms with E-state index >= 15 is 0 Å². The molecule has 0 bridgehead atoms. The Morgan fingerprint density at radius 3 is 2.00 bits per heavy atom. The van der Waals surface area contributed by atoms with Gasteiger partial charge >= 0.3 is 0 Å². The van der Waals surface area contributed by atoms with Gasteiger partial charge in [0.25, 0.3) is 0 Å². The molecule has 2 aliphatic rings. The Morgan fingerprint density at radius 1 is 0.462 bits per heavy atom. The first-order chi connectivity index (χ1) is 19.3. The molecule has 1 aromatic heterocycles. The second-order valence-electron chi connectivity index (χ2n) is 10.9. The van der Waals surface area contributed by atoms with Crippen LogP contribution < -0.4 is 10.4 Å². The number of hydrogen-bond acceptors (Lipinski definition) is 1. The molecule has 7 aromatic rings.